The number of alkyl halides is 1. The highest BCUT2D eigenvalue weighted by molar-refractivity contribution is 9.09. The van der Waals surface area contributed by atoms with Gasteiger partial charge in [-0.25, -0.2) is 0 Å². The Morgan fingerprint density at radius 3 is 0.674 bits per heavy atom. The lowest BCUT2D eigenvalue weighted by Gasteiger charge is -2.09. The Morgan fingerprint density at radius 1 is 0.239 bits per heavy atom. The van der Waals surface area contributed by atoms with Gasteiger partial charge in [0.1, 0.15) is 0 Å². The first-order valence-electron chi connectivity index (χ1n) is 18.2. The van der Waals surface area contributed by atoms with Gasteiger partial charge in [-0.05, 0) is 6.42 Å². The van der Waals surface area contributed by atoms with Gasteiger partial charge >= 0.3 is 0 Å². The monoisotopic (exact) mass is 730 g/mol. The molecule has 278 valence electrons. The number of rotatable bonds is 43. The van der Waals surface area contributed by atoms with Gasteiger partial charge in [0, 0.05) is 11.9 Å². The van der Waals surface area contributed by atoms with Gasteiger partial charge in [-0.3, -0.25) is 0 Å². The minimum atomic E-state index is 0.532. The van der Waals surface area contributed by atoms with Crippen LogP contribution in [0.25, 0.3) is 0 Å². The highest BCUT2D eigenvalue weighted by Crippen LogP contribution is 2.12. The van der Waals surface area contributed by atoms with Crippen LogP contribution in [0.4, 0.5) is 0 Å². The lowest BCUT2D eigenvalue weighted by atomic mass is 10.0. The fourth-order valence-corrected chi connectivity index (χ4v) is 4.59. The molecule has 46 heavy (non-hydrogen) atoms. The minimum Gasteiger partial charge on any atom is -0.379 e. The molecular weight excluding hydrogens is 660 g/mol. The predicted molar refractivity (Wildman–Crippen MR) is 188 cm³/mol. The fraction of sp³-hybridized carbons (Fsp3) is 1.00. The van der Waals surface area contributed by atoms with Gasteiger partial charge in [0.15, 0.2) is 0 Å². The van der Waals surface area contributed by atoms with Crippen LogP contribution in [-0.4, -0.2) is 137 Å². The van der Waals surface area contributed by atoms with E-state index in [1.807, 2.05) is 0 Å². The van der Waals surface area contributed by atoms with Crippen molar-refractivity contribution in [3.63, 3.8) is 0 Å². The Kier molecular flexibility index (Phi) is 45.2. The first-order chi connectivity index (χ1) is 22.9. The van der Waals surface area contributed by atoms with Crippen molar-refractivity contribution in [2.24, 2.45) is 0 Å². The van der Waals surface area contributed by atoms with E-state index in [1.165, 1.54) is 77.0 Å². The number of hydrogen-bond acceptors (Lipinski definition) is 10. The Labute approximate surface area is 290 Å². The van der Waals surface area contributed by atoms with E-state index in [9.17, 15) is 0 Å². The van der Waals surface area contributed by atoms with Crippen LogP contribution in [0, 0.1) is 0 Å². The maximum absolute atomic E-state index is 5.67. The molecule has 0 atom stereocenters. The van der Waals surface area contributed by atoms with Gasteiger partial charge in [-0.15, -0.1) is 0 Å². The van der Waals surface area contributed by atoms with E-state index in [-0.39, 0.29) is 0 Å². The highest BCUT2D eigenvalue weighted by atomic mass is 79.9. The summed E-state index contributed by atoms with van der Waals surface area (Å²) in [4.78, 5) is 0. The molecule has 0 aromatic rings. The average molecular weight is 732 g/mol. The van der Waals surface area contributed by atoms with E-state index in [1.54, 1.807) is 0 Å². The molecule has 0 saturated heterocycles. The number of unbranched alkanes of at least 4 members (excludes halogenated alkanes) is 12. The molecule has 0 radical (unpaired) electrons. The van der Waals surface area contributed by atoms with Crippen molar-refractivity contribution in [2.75, 3.05) is 137 Å². The lowest BCUT2D eigenvalue weighted by molar-refractivity contribution is -0.0262. The summed E-state index contributed by atoms with van der Waals surface area (Å²) in [5.74, 6) is 0. The quantitative estimate of drug-likeness (QED) is 0.0503. The summed E-state index contributed by atoms with van der Waals surface area (Å²) in [5, 5.41) is 0.843. The molecule has 0 heterocycles. The third kappa shape index (κ3) is 44.1. The van der Waals surface area contributed by atoms with Crippen molar-refractivity contribution in [1.82, 2.24) is 0 Å². The van der Waals surface area contributed by atoms with Crippen molar-refractivity contribution in [1.29, 1.82) is 0 Å². The predicted octanol–water partition coefficient (Wildman–Crippen LogP) is 6.64. The van der Waals surface area contributed by atoms with E-state index in [4.69, 9.17) is 47.4 Å². The van der Waals surface area contributed by atoms with Gasteiger partial charge in [-0.1, -0.05) is 99.9 Å². The molecule has 0 amide bonds. The van der Waals surface area contributed by atoms with E-state index in [0.29, 0.717) is 126 Å². The van der Waals surface area contributed by atoms with Crippen LogP contribution in [0.15, 0.2) is 0 Å². The molecule has 0 aliphatic rings. The first kappa shape index (κ1) is 46.1. The Morgan fingerprint density at radius 2 is 0.435 bits per heavy atom. The van der Waals surface area contributed by atoms with Crippen LogP contribution in [-0.2, 0) is 47.4 Å². The molecule has 0 bridgehead atoms. The standard InChI is InChI=1S/C35H71BrO10/c1-2-3-4-5-6-7-8-9-10-11-12-13-14-16-37-18-20-39-22-24-41-26-28-43-30-32-45-34-35-46-33-31-44-29-27-42-25-23-40-21-19-38-17-15-36/h2-35H2,1H3. The lowest BCUT2D eigenvalue weighted by Crippen LogP contribution is -2.15. The highest BCUT2D eigenvalue weighted by Gasteiger charge is 1.97. The van der Waals surface area contributed by atoms with Crippen molar-refractivity contribution < 1.29 is 47.4 Å². The maximum atomic E-state index is 5.67. The first-order valence-corrected chi connectivity index (χ1v) is 19.4. The Hall–Kier alpha value is 0.0800. The third-order valence-corrected chi connectivity index (χ3v) is 7.29. The van der Waals surface area contributed by atoms with Gasteiger partial charge < -0.3 is 47.4 Å². The molecule has 0 rings (SSSR count). The van der Waals surface area contributed by atoms with Crippen LogP contribution >= 0.6 is 15.9 Å². The number of halogens is 1. The Bertz CT molecular complexity index is 478. The minimum absolute atomic E-state index is 0.532. The smallest absolute Gasteiger partial charge is 0.0701 e. The van der Waals surface area contributed by atoms with Crippen LogP contribution in [0.3, 0.4) is 0 Å². The van der Waals surface area contributed by atoms with Crippen molar-refractivity contribution in [2.45, 2.75) is 90.4 Å². The third-order valence-electron chi connectivity index (χ3n) is 6.96. The zero-order chi connectivity index (χ0) is 33.1. The van der Waals surface area contributed by atoms with Crippen LogP contribution < -0.4 is 0 Å². The summed E-state index contributed by atoms with van der Waals surface area (Å²) in [7, 11) is 0. The second kappa shape index (κ2) is 45.1. The van der Waals surface area contributed by atoms with Crippen molar-refractivity contribution in [3.8, 4) is 0 Å². The van der Waals surface area contributed by atoms with E-state index in [2.05, 4.69) is 22.9 Å². The zero-order valence-electron chi connectivity index (χ0n) is 29.5. The molecule has 0 aromatic carbocycles. The SMILES string of the molecule is CCCCCCCCCCCCCCCOCCOCCOCCOCCOCCOCCOCCOCCOCCOCCBr. The van der Waals surface area contributed by atoms with Crippen LogP contribution in [0.1, 0.15) is 90.4 Å². The number of ether oxygens (including phenoxy) is 10. The second-order valence-electron chi connectivity index (χ2n) is 11.1. The van der Waals surface area contributed by atoms with Gasteiger partial charge in [0.05, 0.1) is 126 Å². The summed E-state index contributed by atoms with van der Waals surface area (Å²) in [5.41, 5.74) is 0. The fourth-order valence-electron chi connectivity index (χ4n) is 4.36. The topological polar surface area (TPSA) is 92.3 Å². The molecule has 0 spiro atoms. The summed E-state index contributed by atoms with van der Waals surface area (Å²) < 4.78 is 54.9. The number of hydrogen-bond donors (Lipinski definition) is 0. The molecule has 10 nitrogen and oxygen atoms in total. The van der Waals surface area contributed by atoms with Crippen molar-refractivity contribution in [3.05, 3.63) is 0 Å². The normalized spacial score (nSPS) is 11.6. The van der Waals surface area contributed by atoms with Gasteiger partial charge in [0.2, 0.25) is 0 Å². The van der Waals surface area contributed by atoms with Gasteiger partial charge in [0.25, 0.3) is 0 Å². The summed E-state index contributed by atoms with van der Waals surface area (Å²) in [6.45, 7) is 13.9. The molecule has 0 saturated carbocycles. The second-order valence-corrected chi connectivity index (χ2v) is 11.8. The van der Waals surface area contributed by atoms with Crippen LogP contribution in [0.5, 0.6) is 0 Å². The summed E-state index contributed by atoms with van der Waals surface area (Å²) in [6.07, 6.45) is 17.8. The van der Waals surface area contributed by atoms with Gasteiger partial charge in [-0.2, -0.15) is 0 Å². The average Bonchev–Trinajstić information content (AvgIpc) is 3.07. The molecule has 0 N–H and O–H groups in total. The van der Waals surface area contributed by atoms with E-state index in [0.717, 1.165) is 18.4 Å². The van der Waals surface area contributed by atoms with E-state index < -0.39 is 0 Å². The molecule has 0 aliphatic heterocycles. The summed E-state index contributed by atoms with van der Waals surface area (Å²) in [6, 6.07) is 0. The van der Waals surface area contributed by atoms with E-state index >= 15 is 0 Å². The molecular formula is C35H71BrO10. The molecule has 0 fully saturated rings. The summed E-state index contributed by atoms with van der Waals surface area (Å²) >= 11 is 3.31. The largest absolute Gasteiger partial charge is 0.379 e. The molecule has 0 aromatic heterocycles. The molecule has 0 aliphatic carbocycles. The van der Waals surface area contributed by atoms with Crippen LogP contribution in [0.2, 0.25) is 0 Å². The van der Waals surface area contributed by atoms with Crippen molar-refractivity contribution >= 4 is 15.9 Å². The molecule has 0 unspecified atom stereocenters. The zero-order valence-corrected chi connectivity index (χ0v) is 31.1. The molecule has 11 heteroatoms. The maximum Gasteiger partial charge on any atom is 0.0701 e. The Balaban J connectivity index is 3.03.